The van der Waals surface area contributed by atoms with E-state index in [4.69, 9.17) is 0 Å². The summed E-state index contributed by atoms with van der Waals surface area (Å²) in [7, 11) is 0. The number of hydrogen-bond acceptors (Lipinski definition) is 7. The molecular formula is C28H42N4O5Y-2. The first-order valence-electron chi connectivity index (χ1n) is 12.7. The molecule has 1 aromatic rings. The van der Waals surface area contributed by atoms with E-state index in [1.165, 1.54) is 18.6 Å². The molecule has 1 aromatic heterocycles. The van der Waals surface area contributed by atoms with E-state index in [1.54, 1.807) is 4.90 Å². The molecule has 5 atom stereocenters. The molecule has 0 bridgehead atoms. The summed E-state index contributed by atoms with van der Waals surface area (Å²) < 4.78 is 0. The molecule has 0 aliphatic carbocycles. The van der Waals surface area contributed by atoms with Crippen LogP contribution >= 0.6 is 0 Å². The van der Waals surface area contributed by atoms with Gasteiger partial charge in [-0.3, -0.25) is 24.2 Å². The summed E-state index contributed by atoms with van der Waals surface area (Å²) in [5.41, 5.74) is 0.105. The van der Waals surface area contributed by atoms with Crippen molar-refractivity contribution in [2.24, 2.45) is 29.6 Å². The first kappa shape index (κ1) is 36.1. The Kier molecular flexibility index (Phi) is 16.1. The van der Waals surface area contributed by atoms with Crippen molar-refractivity contribution >= 4 is 29.7 Å². The number of Topliss-reactive ketones (excluding diaryl/α,β-unsaturated/α-hetero) is 2. The molecule has 1 fully saturated rings. The summed E-state index contributed by atoms with van der Waals surface area (Å²) in [6.07, 6.45) is 6.00. The molecule has 0 saturated carbocycles. The number of ketones is 2. The van der Waals surface area contributed by atoms with Crippen molar-refractivity contribution in [3.05, 3.63) is 38.6 Å². The minimum atomic E-state index is -0.803. The van der Waals surface area contributed by atoms with E-state index in [1.807, 2.05) is 34.6 Å². The summed E-state index contributed by atoms with van der Waals surface area (Å²) in [4.78, 5) is 73.3. The molecule has 10 heteroatoms. The van der Waals surface area contributed by atoms with Crippen molar-refractivity contribution in [3.63, 3.8) is 0 Å². The van der Waals surface area contributed by atoms with E-state index in [9.17, 15) is 24.0 Å². The first-order valence-corrected chi connectivity index (χ1v) is 12.7. The fraction of sp³-hybridized carbons (Fsp3) is 0.607. The molecule has 38 heavy (non-hydrogen) atoms. The van der Waals surface area contributed by atoms with Gasteiger partial charge in [0, 0.05) is 69.8 Å². The zero-order valence-corrected chi connectivity index (χ0v) is 26.4. The Labute approximate surface area is 252 Å². The zero-order chi connectivity index (χ0) is 27.0. The summed E-state index contributed by atoms with van der Waals surface area (Å²) >= 11 is 0. The van der Waals surface area contributed by atoms with Crippen molar-refractivity contribution < 1.29 is 56.7 Å². The molecule has 1 N–H and O–H groups in total. The Hall–Kier alpha value is -1.87. The second-order valence-corrected chi connectivity index (χ2v) is 10.4. The summed E-state index contributed by atoms with van der Waals surface area (Å²) in [6.45, 7) is 13.6. The van der Waals surface area contributed by atoms with Crippen molar-refractivity contribution in [2.45, 2.75) is 72.4 Å². The number of aromatic nitrogens is 2. The maximum Gasteiger partial charge on any atom is 0.272 e. The van der Waals surface area contributed by atoms with Crippen LogP contribution in [0, 0.1) is 43.9 Å². The monoisotopic (exact) mass is 603 g/mol. The van der Waals surface area contributed by atoms with Gasteiger partial charge in [-0.25, -0.2) is 4.98 Å². The largest absolute Gasteiger partial charge is 0.358 e. The first-order chi connectivity index (χ1) is 17.0. The minimum Gasteiger partial charge on any atom is -0.358 e. The fourth-order valence-corrected chi connectivity index (χ4v) is 4.57. The molecular weight excluding hydrogens is 561 g/mol. The normalized spacial score (nSPS) is 19.1. The Morgan fingerprint density at radius 2 is 1.79 bits per heavy atom. The topological polar surface area (TPSA) is 126 Å². The Balaban J connectivity index is 0.00000684. The standard InChI is InChI=1S/C27H39N4O5.CH3.Y/c1-7-19(15-32)11-23(33)22-10-18(6)14-31(22)27(36)20(16(2)3)12-24(34)25(17(4)5)30-26(35)21-13-28-8-9-29-21;;/h8-9,13,15-20,22,25H,6-7,10-12,14H2,1-5H3,(H,30,35);1H3;/q2*-1;. The molecule has 2 amide bonds. The van der Waals surface area contributed by atoms with E-state index in [-0.39, 0.29) is 99.8 Å². The van der Waals surface area contributed by atoms with Crippen LogP contribution < -0.4 is 5.32 Å². The minimum absolute atomic E-state index is 0. The Morgan fingerprint density at radius 1 is 1.13 bits per heavy atom. The summed E-state index contributed by atoms with van der Waals surface area (Å²) in [5.74, 6) is -2.65. The predicted molar refractivity (Wildman–Crippen MR) is 141 cm³/mol. The summed E-state index contributed by atoms with van der Waals surface area (Å²) in [5, 5.41) is 2.74. The van der Waals surface area contributed by atoms with Gasteiger partial charge in [0.25, 0.3) is 5.91 Å². The quantitative estimate of drug-likeness (QED) is 0.271. The van der Waals surface area contributed by atoms with Gasteiger partial charge in [-0.2, -0.15) is 0 Å². The van der Waals surface area contributed by atoms with E-state index in [0.717, 1.165) is 6.29 Å². The van der Waals surface area contributed by atoms with Crippen LogP contribution in [0.4, 0.5) is 0 Å². The van der Waals surface area contributed by atoms with Gasteiger partial charge < -0.3 is 29.4 Å². The number of hydrogen-bond donors (Lipinski definition) is 1. The molecule has 5 unspecified atom stereocenters. The van der Waals surface area contributed by atoms with Crippen LogP contribution in [-0.4, -0.2) is 63.2 Å². The van der Waals surface area contributed by atoms with Crippen molar-refractivity contribution in [1.82, 2.24) is 20.2 Å². The van der Waals surface area contributed by atoms with Crippen LogP contribution in [0.3, 0.4) is 0 Å². The maximum atomic E-state index is 13.7. The van der Waals surface area contributed by atoms with Crippen LogP contribution in [0.15, 0.2) is 18.6 Å². The third-order valence-electron chi connectivity index (χ3n) is 6.86. The van der Waals surface area contributed by atoms with Gasteiger partial charge in [0.1, 0.15) is 12.0 Å². The van der Waals surface area contributed by atoms with Crippen LogP contribution in [-0.2, 0) is 51.9 Å². The number of nitrogens with zero attached hydrogens (tertiary/aromatic N) is 3. The second-order valence-electron chi connectivity index (χ2n) is 10.4. The molecule has 209 valence electrons. The Morgan fingerprint density at radius 3 is 2.29 bits per heavy atom. The maximum absolute atomic E-state index is 13.7. The van der Waals surface area contributed by atoms with Gasteiger partial charge in [-0.1, -0.05) is 34.6 Å². The van der Waals surface area contributed by atoms with E-state index >= 15 is 0 Å². The second kappa shape index (κ2) is 17.0. The van der Waals surface area contributed by atoms with E-state index in [2.05, 4.69) is 22.2 Å². The molecule has 1 saturated heterocycles. The van der Waals surface area contributed by atoms with Gasteiger partial charge in [0.15, 0.2) is 11.6 Å². The van der Waals surface area contributed by atoms with Crippen molar-refractivity contribution in [3.8, 4) is 0 Å². The third kappa shape index (κ3) is 9.71. The molecule has 0 spiro atoms. The van der Waals surface area contributed by atoms with Gasteiger partial charge in [0.2, 0.25) is 5.91 Å². The predicted octanol–water partition coefficient (Wildman–Crippen LogP) is 3.15. The van der Waals surface area contributed by atoms with Gasteiger partial charge >= 0.3 is 0 Å². The van der Waals surface area contributed by atoms with E-state index < -0.39 is 23.9 Å². The molecule has 1 radical (unpaired) electrons. The fourth-order valence-electron chi connectivity index (χ4n) is 4.57. The van der Waals surface area contributed by atoms with Gasteiger partial charge in [-0.05, 0) is 31.2 Å². The third-order valence-corrected chi connectivity index (χ3v) is 6.86. The number of nitrogens with one attached hydrogen (secondary N) is 1. The molecule has 1 aliphatic rings. The Bertz CT molecular complexity index is 940. The average Bonchev–Trinajstić information content (AvgIpc) is 3.25. The number of carbonyl (C=O) groups is 5. The van der Waals surface area contributed by atoms with Crippen LogP contribution in [0.5, 0.6) is 0 Å². The van der Waals surface area contributed by atoms with Crippen LogP contribution in [0.25, 0.3) is 0 Å². The van der Waals surface area contributed by atoms with E-state index in [0.29, 0.717) is 19.4 Å². The molecule has 0 aromatic carbocycles. The number of likely N-dealkylation sites (tertiary alicyclic amines) is 1. The zero-order valence-electron chi connectivity index (χ0n) is 23.6. The summed E-state index contributed by atoms with van der Waals surface area (Å²) in [6, 6.07) is -1.44. The smallest absolute Gasteiger partial charge is 0.272 e. The van der Waals surface area contributed by atoms with Gasteiger partial charge in [0.05, 0.1) is 18.3 Å². The SMILES string of the molecule is [CH2-]C1CC(C(=O)CC(C=O)CC)N(C(=O)C(CC(=O)C(NC(=O)c2cnccn2)C(C)C)C(C)C)C1.[CH3-].[Y]. The number of carbonyl (C=O) groups excluding carboxylic acids is 5. The number of rotatable bonds is 13. The van der Waals surface area contributed by atoms with Crippen LogP contribution in [0.2, 0.25) is 0 Å². The van der Waals surface area contributed by atoms with Gasteiger partial charge in [-0.15, -0.1) is 5.92 Å². The molecule has 2 heterocycles. The van der Waals surface area contributed by atoms with Crippen LogP contribution in [0.1, 0.15) is 70.8 Å². The average molecular weight is 604 g/mol. The molecule has 2 rings (SSSR count). The number of aldehydes is 1. The van der Waals surface area contributed by atoms with Crippen molar-refractivity contribution in [2.75, 3.05) is 6.54 Å². The van der Waals surface area contributed by atoms with Crippen molar-refractivity contribution in [1.29, 1.82) is 0 Å². The molecule has 1 aliphatic heterocycles. The number of amides is 2. The molecule has 9 nitrogen and oxygen atoms in total.